The van der Waals surface area contributed by atoms with Crippen LogP contribution in [0.4, 0.5) is 0 Å². The first-order valence-corrected chi connectivity index (χ1v) is 8.99. The van der Waals surface area contributed by atoms with E-state index >= 15 is 0 Å². The summed E-state index contributed by atoms with van der Waals surface area (Å²) in [6.45, 7) is 1.89. The molecule has 0 saturated carbocycles. The number of hydrogen-bond donors (Lipinski definition) is 1. The Balaban J connectivity index is 1.52. The van der Waals surface area contributed by atoms with Gasteiger partial charge in [-0.3, -0.25) is 14.6 Å². The van der Waals surface area contributed by atoms with Gasteiger partial charge in [0.25, 0.3) is 0 Å². The number of pyridine rings is 1. The highest BCUT2D eigenvalue weighted by Crippen LogP contribution is 2.23. The summed E-state index contributed by atoms with van der Waals surface area (Å²) in [4.78, 5) is 28.7. The van der Waals surface area contributed by atoms with E-state index in [2.05, 4.69) is 16.4 Å². The molecule has 1 amide bonds. The standard InChI is InChI=1S/C21H24N2O2/c1-15(19-8-4-5-13-22-19)23-21(25)12-11-20(24)18-10-9-16-6-2-3-7-17(16)14-18/h4-5,8-10,13-15H,2-3,6-7,11-12H2,1H3,(H,23,25)/t15-/m1/s1. The number of benzene rings is 1. The van der Waals surface area contributed by atoms with Crippen LogP contribution in [-0.4, -0.2) is 16.7 Å². The minimum atomic E-state index is -0.160. The number of amides is 1. The van der Waals surface area contributed by atoms with Crippen molar-refractivity contribution < 1.29 is 9.59 Å². The first-order valence-electron chi connectivity index (χ1n) is 8.99. The highest BCUT2D eigenvalue weighted by molar-refractivity contribution is 5.98. The lowest BCUT2D eigenvalue weighted by atomic mass is 9.89. The molecule has 1 aliphatic carbocycles. The van der Waals surface area contributed by atoms with E-state index in [1.807, 2.05) is 37.3 Å². The fourth-order valence-corrected chi connectivity index (χ4v) is 3.30. The molecule has 0 unspecified atom stereocenters. The summed E-state index contributed by atoms with van der Waals surface area (Å²) in [5.74, 6) is -0.0847. The molecule has 0 bridgehead atoms. The van der Waals surface area contributed by atoms with Crippen molar-refractivity contribution in [2.45, 2.75) is 51.5 Å². The van der Waals surface area contributed by atoms with Crippen molar-refractivity contribution in [3.8, 4) is 0 Å². The van der Waals surface area contributed by atoms with E-state index < -0.39 is 0 Å². The molecule has 1 atom stereocenters. The van der Waals surface area contributed by atoms with Crippen molar-refractivity contribution in [2.75, 3.05) is 0 Å². The summed E-state index contributed by atoms with van der Waals surface area (Å²) in [5, 5.41) is 2.90. The minimum absolute atomic E-state index is 0.0361. The van der Waals surface area contributed by atoms with Gasteiger partial charge in [-0.1, -0.05) is 18.2 Å². The number of rotatable bonds is 6. The highest BCUT2D eigenvalue weighted by atomic mass is 16.2. The zero-order chi connectivity index (χ0) is 17.6. The SMILES string of the molecule is C[C@@H](NC(=O)CCC(=O)c1ccc2c(c1)CCCC2)c1ccccn1. The van der Waals surface area contributed by atoms with E-state index in [0.717, 1.165) is 24.1 Å². The topological polar surface area (TPSA) is 59.1 Å². The fourth-order valence-electron chi connectivity index (χ4n) is 3.30. The number of nitrogens with one attached hydrogen (secondary N) is 1. The number of aromatic nitrogens is 1. The second-order valence-electron chi connectivity index (χ2n) is 6.66. The van der Waals surface area contributed by atoms with Gasteiger partial charge in [0, 0.05) is 24.6 Å². The Hall–Kier alpha value is -2.49. The summed E-state index contributed by atoms with van der Waals surface area (Å²) in [7, 11) is 0. The summed E-state index contributed by atoms with van der Waals surface area (Å²) in [6, 6.07) is 11.5. The van der Waals surface area contributed by atoms with E-state index in [4.69, 9.17) is 0 Å². The molecule has 130 valence electrons. The molecule has 4 nitrogen and oxygen atoms in total. The number of ketones is 1. The normalized spacial score (nSPS) is 14.4. The average Bonchev–Trinajstić information content (AvgIpc) is 2.66. The van der Waals surface area contributed by atoms with Gasteiger partial charge in [0.15, 0.2) is 5.78 Å². The zero-order valence-electron chi connectivity index (χ0n) is 14.6. The molecule has 0 spiro atoms. The number of fused-ring (bicyclic) bond motifs is 1. The Labute approximate surface area is 148 Å². The smallest absolute Gasteiger partial charge is 0.220 e. The van der Waals surface area contributed by atoms with Gasteiger partial charge >= 0.3 is 0 Å². The molecule has 3 rings (SSSR count). The molecule has 0 aliphatic heterocycles. The Morgan fingerprint density at radius 2 is 1.88 bits per heavy atom. The van der Waals surface area contributed by atoms with Crippen molar-refractivity contribution in [2.24, 2.45) is 0 Å². The average molecular weight is 336 g/mol. The molecular formula is C21H24N2O2. The van der Waals surface area contributed by atoms with Crippen LogP contribution in [0.2, 0.25) is 0 Å². The van der Waals surface area contributed by atoms with Gasteiger partial charge in [0.1, 0.15) is 0 Å². The molecule has 1 aromatic carbocycles. The molecule has 25 heavy (non-hydrogen) atoms. The van der Waals surface area contributed by atoms with Crippen molar-refractivity contribution >= 4 is 11.7 Å². The number of nitrogens with zero attached hydrogens (tertiary/aromatic N) is 1. The van der Waals surface area contributed by atoms with Crippen molar-refractivity contribution in [3.05, 3.63) is 65.0 Å². The molecular weight excluding hydrogens is 312 g/mol. The Bertz CT molecular complexity index is 756. The lowest BCUT2D eigenvalue weighted by Crippen LogP contribution is -2.27. The molecule has 0 fully saturated rings. The second-order valence-corrected chi connectivity index (χ2v) is 6.66. The van der Waals surface area contributed by atoms with E-state index in [1.54, 1.807) is 6.20 Å². The van der Waals surface area contributed by atoms with E-state index in [9.17, 15) is 9.59 Å². The van der Waals surface area contributed by atoms with Gasteiger partial charge in [-0.25, -0.2) is 0 Å². The minimum Gasteiger partial charge on any atom is -0.348 e. The maximum Gasteiger partial charge on any atom is 0.220 e. The summed E-state index contributed by atoms with van der Waals surface area (Å²) >= 11 is 0. The van der Waals surface area contributed by atoms with Gasteiger partial charge < -0.3 is 5.32 Å². The maximum absolute atomic E-state index is 12.4. The largest absolute Gasteiger partial charge is 0.348 e. The van der Waals surface area contributed by atoms with Crippen LogP contribution < -0.4 is 5.32 Å². The van der Waals surface area contributed by atoms with Crippen LogP contribution in [0.3, 0.4) is 0 Å². The summed E-state index contributed by atoms with van der Waals surface area (Å²) in [6.07, 6.45) is 6.73. The lowest BCUT2D eigenvalue weighted by molar-refractivity contribution is -0.121. The quantitative estimate of drug-likeness (QED) is 0.816. The third-order valence-electron chi connectivity index (χ3n) is 4.76. The van der Waals surface area contributed by atoms with Gasteiger partial charge in [-0.05, 0) is 61.9 Å². The van der Waals surface area contributed by atoms with Crippen LogP contribution >= 0.6 is 0 Å². The van der Waals surface area contributed by atoms with Crippen LogP contribution in [0.1, 0.15) is 65.8 Å². The Morgan fingerprint density at radius 3 is 2.64 bits per heavy atom. The van der Waals surface area contributed by atoms with Gasteiger partial charge in [0.05, 0.1) is 11.7 Å². The number of carbonyl (C=O) groups is 2. The zero-order valence-corrected chi connectivity index (χ0v) is 14.6. The third-order valence-corrected chi connectivity index (χ3v) is 4.76. The van der Waals surface area contributed by atoms with Crippen molar-refractivity contribution in [1.29, 1.82) is 0 Å². The van der Waals surface area contributed by atoms with Gasteiger partial charge in [-0.2, -0.15) is 0 Å². The number of hydrogen-bond acceptors (Lipinski definition) is 3. The van der Waals surface area contributed by atoms with Crippen LogP contribution in [0.15, 0.2) is 42.6 Å². The van der Waals surface area contributed by atoms with E-state index in [-0.39, 0.29) is 30.6 Å². The molecule has 1 N–H and O–H groups in total. The number of carbonyl (C=O) groups excluding carboxylic acids is 2. The monoisotopic (exact) mass is 336 g/mol. The number of Topliss-reactive ketones (excluding diaryl/α,β-unsaturated/α-hetero) is 1. The number of aryl methyl sites for hydroxylation is 2. The molecule has 0 radical (unpaired) electrons. The third kappa shape index (κ3) is 4.53. The lowest BCUT2D eigenvalue weighted by Gasteiger charge is -2.16. The van der Waals surface area contributed by atoms with Crippen LogP contribution in [0.5, 0.6) is 0 Å². The first-order chi connectivity index (χ1) is 12.1. The second kappa shape index (κ2) is 8.06. The van der Waals surface area contributed by atoms with E-state index in [0.29, 0.717) is 0 Å². The fraction of sp³-hybridized carbons (Fsp3) is 0.381. The predicted molar refractivity (Wildman–Crippen MR) is 97.4 cm³/mol. The molecule has 0 saturated heterocycles. The summed E-state index contributed by atoms with van der Waals surface area (Å²) < 4.78 is 0. The van der Waals surface area contributed by atoms with Crippen LogP contribution in [0.25, 0.3) is 0 Å². The molecule has 1 heterocycles. The first kappa shape index (κ1) is 17.3. The van der Waals surface area contributed by atoms with Crippen LogP contribution in [0, 0.1) is 0 Å². The molecule has 2 aromatic rings. The predicted octanol–water partition coefficient (Wildman–Crippen LogP) is 3.80. The highest BCUT2D eigenvalue weighted by Gasteiger charge is 2.15. The van der Waals surface area contributed by atoms with Crippen LogP contribution in [-0.2, 0) is 17.6 Å². The maximum atomic E-state index is 12.4. The molecule has 1 aromatic heterocycles. The Kier molecular flexibility index (Phi) is 5.59. The van der Waals surface area contributed by atoms with Crippen molar-refractivity contribution in [3.63, 3.8) is 0 Å². The summed E-state index contributed by atoms with van der Waals surface area (Å²) in [5.41, 5.74) is 4.21. The van der Waals surface area contributed by atoms with Crippen molar-refractivity contribution in [1.82, 2.24) is 10.3 Å². The van der Waals surface area contributed by atoms with E-state index in [1.165, 1.54) is 24.0 Å². The molecule has 1 aliphatic rings. The molecule has 4 heteroatoms. The Morgan fingerprint density at radius 1 is 1.08 bits per heavy atom. The van der Waals surface area contributed by atoms with Gasteiger partial charge in [0.2, 0.25) is 5.91 Å². The van der Waals surface area contributed by atoms with Gasteiger partial charge in [-0.15, -0.1) is 0 Å².